The number of hydrogen-bond donors (Lipinski definition) is 1. The van der Waals surface area contributed by atoms with E-state index in [4.69, 9.17) is 9.57 Å². The number of aryl methyl sites for hydroxylation is 1. The molecule has 7 nitrogen and oxygen atoms in total. The summed E-state index contributed by atoms with van der Waals surface area (Å²) >= 11 is 0. The van der Waals surface area contributed by atoms with Gasteiger partial charge in [-0.2, -0.15) is 4.98 Å². The predicted octanol–water partition coefficient (Wildman–Crippen LogP) is -1.71. The first kappa shape index (κ1) is 17.2. The normalized spacial score (nSPS) is 10.4. The average molecular weight is 380 g/mol. The molecule has 0 saturated heterocycles. The fourth-order valence-corrected chi connectivity index (χ4v) is 2.41. The van der Waals surface area contributed by atoms with E-state index in [0.29, 0.717) is 18.4 Å². The van der Waals surface area contributed by atoms with Crippen LogP contribution in [0.15, 0.2) is 36.7 Å². The maximum Gasteiger partial charge on any atom is 0.397 e. The molecule has 0 amide bonds. The average Bonchev–Trinajstić information content (AvgIpc) is 2.85. The van der Waals surface area contributed by atoms with E-state index in [1.54, 1.807) is 14.2 Å². The molecule has 8 heteroatoms. The summed E-state index contributed by atoms with van der Waals surface area (Å²) in [6.45, 7) is 0.715. The molecule has 0 bridgehead atoms. The molecule has 0 aliphatic rings. The molecule has 0 atom stereocenters. The van der Waals surface area contributed by atoms with E-state index in [0.717, 1.165) is 11.2 Å². The molecule has 1 N–H and O–H groups in total. The number of benzene rings is 1. The zero-order valence-electron chi connectivity index (χ0n) is 13.2. The van der Waals surface area contributed by atoms with E-state index < -0.39 is 0 Å². The molecule has 0 saturated carbocycles. The van der Waals surface area contributed by atoms with Crippen molar-refractivity contribution in [1.29, 1.82) is 0 Å². The van der Waals surface area contributed by atoms with Gasteiger partial charge in [0, 0.05) is 0 Å². The number of nitrogens with one attached hydrogen (secondary N) is 1. The highest BCUT2D eigenvalue weighted by Gasteiger charge is 2.23. The quantitative estimate of drug-likeness (QED) is 0.422. The molecule has 3 aromatic rings. The first-order valence-corrected chi connectivity index (χ1v) is 6.86. The number of ether oxygens (including phenoxy) is 1. The van der Waals surface area contributed by atoms with Gasteiger partial charge in [0.2, 0.25) is 11.3 Å². The van der Waals surface area contributed by atoms with Crippen LogP contribution in [0, 0.1) is 0 Å². The van der Waals surface area contributed by atoms with Gasteiger partial charge in [-0.15, -0.1) is 0 Å². The van der Waals surface area contributed by atoms with Crippen LogP contribution in [0.3, 0.4) is 0 Å². The van der Waals surface area contributed by atoms with Crippen LogP contribution in [0.4, 0.5) is 5.82 Å². The van der Waals surface area contributed by atoms with Crippen LogP contribution < -0.4 is 31.8 Å². The maximum atomic E-state index is 5.15. The van der Waals surface area contributed by atoms with Gasteiger partial charge < -0.3 is 21.7 Å². The third-order valence-electron chi connectivity index (χ3n) is 3.36. The van der Waals surface area contributed by atoms with Crippen LogP contribution in [0.5, 0.6) is 6.01 Å². The van der Waals surface area contributed by atoms with Gasteiger partial charge in [-0.1, -0.05) is 30.3 Å². The highest BCUT2D eigenvalue weighted by Crippen LogP contribution is 2.22. The molecule has 3 rings (SSSR count). The molecule has 0 aliphatic heterocycles. The number of halogens is 1. The van der Waals surface area contributed by atoms with E-state index >= 15 is 0 Å². The highest BCUT2D eigenvalue weighted by molar-refractivity contribution is 5.81. The van der Waals surface area contributed by atoms with Crippen LogP contribution in [0.25, 0.3) is 11.2 Å². The van der Waals surface area contributed by atoms with Crippen molar-refractivity contribution in [2.24, 2.45) is 7.05 Å². The van der Waals surface area contributed by atoms with Gasteiger partial charge in [0.25, 0.3) is 0 Å². The summed E-state index contributed by atoms with van der Waals surface area (Å²) in [7, 11) is 5.02. The summed E-state index contributed by atoms with van der Waals surface area (Å²) < 4.78 is 9.16. The molecule has 0 unspecified atom stereocenters. The lowest BCUT2D eigenvalue weighted by Crippen LogP contribution is -3.00. The summed E-state index contributed by atoms with van der Waals surface area (Å²) in [4.78, 5) is 13.8. The molecule has 0 spiro atoms. The van der Waals surface area contributed by atoms with Gasteiger partial charge in [0.1, 0.15) is 0 Å². The lowest BCUT2D eigenvalue weighted by atomic mass is 10.2. The van der Waals surface area contributed by atoms with Crippen molar-refractivity contribution in [2.45, 2.75) is 6.54 Å². The van der Waals surface area contributed by atoms with Crippen molar-refractivity contribution in [3.63, 3.8) is 0 Å². The molecule has 2 aromatic heterocycles. The first-order valence-electron chi connectivity index (χ1n) is 6.86. The minimum absolute atomic E-state index is 0. The topological polar surface area (TPSA) is 65.1 Å². The van der Waals surface area contributed by atoms with Crippen molar-refractivity contribution in [3.05, 3.63) is 42.2 Å². The lowest BCUT2D eigenvalue weighted by Gasteiger charge is -2.05. The van der Waals surface area contributed by atoms with Crippen molar-refractivity contribution in [3.8, 4) is 6.01 Å². The molecular formula is C15H18BrN5O2. The van der Waals surface area contributed by atoms with Gasteiger partial charge in [0.05, 0.1) is 27.8 Å². The number of anilines is 1. The Morgan fingerprint density at radius 3 is 2.57 bits per heavy atom. The van der Waals surface area contributed by atoms with Gasteiger partial charge in [-0.3, -0.25) is 9.40 Å². The van der Waals surface area contributed by atoms with E-state index in [2.05, 4.69) is 32.1 Å². The van der Waals surface area contributed by atoms with Crippen LogP contribution in [-0.2, 0) is 18.4 Å². The molecule has 0 aliphatic carbocycles. The number of aromatic nitrogens is 4. The van der Waals surface area contributed by atoms with Gasteiger partial charge in [-0.25, -0.2) is 10.0 Å². The Morgan fingerprint density at radius 1 is 1.17 bits per heavy atom. The smallest absolute Gasteiger partial charge is 0.397 e. The highest BCUT2D eigenvalue weighted by atomic mass is 79.9. The number of hydrogen-bond acceptors (Lipinski definition) is 5. The van der Waals surface area contributed by atoms with E-state index in [1.807, 2.05) is 36.1 Å². The number of imidazole rings is 1. The largest absolute Gasteiger partial charge is 1.00 e. The molecule has 0 fully saturated rings. The summed E-state index contributed by atoms with van der Waals surface area (Å²) in [6.07, 6.45) is 1.98. The first-order chi connectivity index (χ1) is 10.7. The fraction of sp³-hybridized carbons (Fsp3) is 0.267. The Hall–Kier alpha value is -2.19. The SMILES string of the molecule is CONc1nc(OC)nc2c1n(Cc1ccccc1)c[n+]2C.[Br-]. The molecule has 1 aromatic carbocycles. The Morgan fingerprint density at radius 2 is 1.91 bits per heavy atom. The van der Waals surface area contributed by atoms with Crippen LogP contribution >= 0.6 is 0 Å². The second-order valence-corrected chi connectivity index (χ2v) is 4.88. The Kier molecular flexibility index (Phi) is 5.51. The van der Waals surface area contributed by atoms with Crippen molar-refractivity contribution >= 4 is 17.0 Å². The minimum atomic E-state index is 0. The van der Waals surface area contributed by atoms with Crippen molar-refractivity contribution < 1.29 is 31.1 Å². The van der Waals surface area contributed by atoms with E-state index in [1.165, 1.54) is 5.56 Å². The van der Waals surface area contributed by atoms with Crippen molar-refractivity contribution in [2.75, 3.05) is 19.7 Å². The molecular weight excluding hydrogens is 362 g/mol. The standard InChI is InChI=1S/C15H18N5O2.BrH/c1-19-10-20(9-11-7-5-4-6-8-11)12-13(18-22-3)16-15(21-2)17-14(12)19;/h4-8,10H,9H2,1-3H3,(H,16,17,18);1H/q+1;/p-1. The zero-order chi connectivity index (χ0) is 15.5. The Labute approximate surface area is 144 Å². The Balaban J connectivity index is 0.00000192. The second kappa shape index (κ2) is 7.38. The van der Waals surface area contributed by atoms with Gasteiger partial charge >= 0.3 is 11.7 Å². The molecule has 122 valence electrons. The Bertz CT molecular complexity index is 791. The second-order valence-electron chi connectivity index (χ2n) is 4.88. The summed E-state index contributed by atoms with van der Waals surface area (Å²) in [5, 5.41) is 0. The minimum Gasteiger partial charge on any atom is -1.00 e. The van der Waals surface area contributed by atoms with Crippen LogP contribution in [0.1, 0.15) is 5.56 Å². The third-order valence-corrected chi connectivity index (χ3v) is 3.36. The van der Waals surface area contributed by atoms with Crippen LogP contribution in [-0.4, -0.2) is 28.8 Å². The monoisotopic (exact) mass is 379 g/mol. The third kappa shape index (κ3) is 3.43. The number of nitrogens with zero attached hydrogens (tertiary/aromatic N) is 4. The van der Waals surface area contributed by atoms with Gasteiger partial charge in [0.15, 0.2) is 6.33 Å². The van der Waals surface area contributed by atoms with Crippen molar-refractivity contribution in [1.82, 2.24) is 14.5 Å². The number of methoxy groups -OCH3 is 1. The van der Waals surface area contributed by atoms with E-state index in [-0.39, 0.29) is 17.0 Å². The lowest BCUT2D eigenvalue weighted by molar-refractivity contribution is -0.647. The summed E-state index contributed by atoms with van der Waals surface area (Å²) in [5.41, 5.74) is 5.61. The summed E-state index contributed by atoms with van der Waals surface area (Å²) in [6, 6.07) is 10.5. The predicted molar refractivity (Wildman–Crippen MR) is 81.4 cm³/mol. The fourth-order valence-electron chi connectivity index (χ4n) is 2.41. The van der Waals surface area contributed by atoms with Gasteiger partial charge in [-0.05, 0) is 10.5 Å². The van der Waals surface area contributed by atoms with E-state index in [9.17, 15) is 0 Å². The zero-order valence-corrected chi connectivity index (χ0v) is 14.7. The van der Waals surface area contributed by atoms with Crippen LogP contribution in [0.2, 0.25) is 0 Å². The molecule has 2 heterocycles. The molecule has 23 heavy (non-hydrogen) atoms. The summed E-state index contributed by atoms with van der Waals surface area (Å²) in [5.74, 6) is 0.570. The molecule has 0 radical (unpaired) electrons. The number of rotatable bonds is 5. The maximum absolute atomic E-state index is 5.15. The number of fused-ring (bicyclic) bond motifs is 1.